The van der Waals surface area contributed by atoms with Gasteiger partial charge in [0, 0.05) is 48.7 Å². The van der Waals surface area contributed by atoms with Crippen LogP contribution in [0.2, 0.25) is 0 Å². The fourth-order valence-electron chi connectivity index (χ4n) is 3.32. The molecule has 0 atom stereocenters. The second-order valence-corrected chi connectivity index (χ2v) is 7.86. The predicted octanol–water partition coefficient (Wildman–Crippen LogP) is 3.01. The van der Waals surface area contributed by atoms with E-state index in [2.05, 4.69) is 20.6 Å². The predicted molar refractivity (Wildman–Crippen MR) is 135 cm³/mol. The maximum Gasteiger partial charge on any atom is 0.248 e. The number of nitrogens with one attached hydrogen (secondary N) is 2. The monoisotopic (exact) mass is 446 g/mol. The number of fused-ring (bicyclic) bond motifs is 1. The molecule has 0 radical (unpaired) electrons. The lowest BCUT2D eigenvalue weighted by molar-refractivity contribution is -0.111. The Balaban J connectivity index is 1.91. The van der Waals surface area contributed by atoms with Crippen molar-refractivity contribution in [2.75, 3.05) is 38.3 Å². The number of aryl methyl sites for hydroxylation is 2. The van der Waals surface area contributed by atoms with Crippen LogP contribution in [0.1, 0.15) is 11.1 Å². The van der Waals surface area contributed by atoms with Gasteiger partial charge < -0.3 is 25.8 Å². The molecule has 172 valence electrons. The van der Waals surface area contributed by atoms with Crippen molar-refractivity contribution in [3.8, 4) is 5.82 Å². The number of nitrogens with zero attached hydrogens (tertiary/aromatic N) is 5. The van der Waals surface area contributed by atoms with Crippen LogP contribution >= 0.6 is 0 Å². The first-order chi connectivity index (χ1) is 15.8. The highest BCUT2D eigenvalue weighted by Crippen LogP contribution is 2.28. The Morgan fingerprint density at radius 1 is 1.21 bits per heavy atom. The summed E-state index contributed by atoms with van der Waals surface area (Å²) in [5, 5.41) is 7.02. The number of amidine groups is 1. The van der Waals surface area contributed by atoms with Gasteiger partial charge in [0.2, 0.25) is 11.9 Å². The van der Waals surface area contributed by atoms with E-state index in [1.165, 1.54) is 6.20 Å². The van der Waals surface area contributed by atoms with Crippen LogP contribution in [-0.4, -0.2) is 58.9 Å². The second kappa shape index (κ2) is 10.6. The normalized spacial score (nSPS) is 12.4. The first kappa shape index (κ1) is 23.7. The van der Waals surface area contributed by atoms with Crippen molar-refractivity contribution in [1.29, 1.82) is 0 Å². The third kappa shape index (κ3) is 5.83. The highest BCUT2D eigenvalue weighted by atomic mass is 16.1. The molecular formula is C24H30N8O. The van der Waals surface area contributed by atoms with E-state index in [9.17, 15) is 4.79 Å². The minimum atomic E-state index is -0.157. The van der Waals surface area contributed by atoms with Crippen molar-refractivity contribution >= 4 is 34.3 Å². The Hall–Kier alpha value is -3.98. The Labute approximate surface area is 193 Å². The average molecular weight is 447 g/mol. The SMILES string of the molecule is CN=C(/C=C\N)Nc1ncc(C)c(-n2cc(C)c3cc(NC(=O)/C=C/CN(C)C)ccc32)n1. The maximum atomic E-state index is 12.2. The molecule has 2 heterocycles. The van der Waals surface area contributed by atoms with Gasteiger partial charge in [0.05, 0.1) is 5.52 Å². The zero-order valence-electron chi connectivity index (χ0n) is 19.6. The van der Waals surface area contributed by atoms with Crippen molar-refractivity contribution in [1.82, 2.24) is 19.4 Å². The van der Waals surface area contributed by atoms with E-state index >= 15 is 0 Å². The number of aromatic nitrogens is 3. The number of likely N-dealkylation sites (N-methyl/N-ethyl adjacent to an activating group) is 1. The molecule has 0 bridgehead atoms. The van der Waals surface area contributed by atoms with Crippen LogP contribution in [0.3, 0.4) is 0 Å². The molecule has 0 aliphatic carbocycles. The Morgan fingerprint density at radius 3 is 2.70 bits per heavy atom. The smallest absolute Gasteiger partial charge is 0.248 e. The zero-order valence-corrected chi connectivity index (χ0v) is 19.6. The number of carbonyl (C=O) groups excluding carboxylic acids is 1. The van der Waals surface area contributed by atoms with Crippen molar-refractivity contribution in [2.45, 2.75) is 13.8 Å². The van der Waals surface area contributed by atoms with Crippen molar-refractivity contribution in [3.05, 3.63) is 66.1 Å². The minimum absolute atomic E-state index is 0.157. The van der Waals surface area contributed by atoms with E-state index in [4.69, 9.17) is 10.7 Å². The van der Waals surface area contributed by atoms with Gasteiger partial charge in [-0.25, -0.2) is 4.98 Å². The van der Waals surface area contributed by atoms with Gasteiger partial charge in [-0.05, 0) is 64.0 Å². The van der Waals surface area contributed by atoms with Gasteiger partial charge in [-0.2, -0.15) is 4.98 Å². The van der Waals surface area contributed by atoms with Gasteiger partial charge in [-0.15, -0.1) is 0 Å². The molecule has 2 aromatic heterocycles. The molecule has 9 heteroatoms. The quantitative estimate of drug-likeness (QED) is 0.292. The van der Waals surface area contributed by atoms with Crippen molar-refractivity contribution < 1.29 is 4.79 Å². The summed E-state index contributed by atoms with van der Waals surface area (Å²) in [5.41, 5.74) is 9.18. The van der Waals surface area contributed by atoms with Gasteiger partial charge >= 0.3 is 0 Å². The van der Waals surface area contributed by atoms with Gasteiger partial charge in [-0.1, -0.05) is 6.08 Å². The standard InChI is InChI=1S/C24H30N8O/c1-16-14-27-24(29-21(26-3)10-11-25)30-23(16)32-15-17(2)19-13-18(8-9-20(19)32)28-22(33)7-6-12-31(4)5/h6-11,13-15H,12,25H2,1-5H3,(H,28,33)(H,26,27,29,30)/b7-6+,11-10-. The van der Waals surface area contributed by atoms with Crippen LogP contribution in [0.25, 0.3) is 16.7 Å². The molecule has 3 aromatic rings. The summed E-state index contributed by atoms with van der Waals surface area (Å²) >= 11 is 0. The fourth-order valence-corrected chi connectivity index (χ4v) is 3.32. The first-order valence-electron chi connectivity index (χ1n) is 10.5. The topological polar surface area (TPSA) is 113 Å². The summed E-state index contributed by atoms with van der Waals surface area (Å²) in [5.74, 6) is 1.57. The number of amides is 1. The van der Waals surface area contributed by atoms with Crippen LogP contribution in [-0.2, 0) is 4.79 Å². The lowest BCUT2D eigenvalue weighted by Crippen LogP contribution is -2.14. The number of rotatable bonds is 7. The highest BCUT2D eigenvalue weighted by Gasteiger charge is 2.13. The molecule has 0 aliphatic heterocycles. The summed E-state index contributed by atoms with van der Waals surface area (Å²) < 4.78 is 2.02. The summed E-state index contributed by atoms with van der Waals surface area (Å²) in [6, 6.07) is 5.84. The van der Waals surface area contributed by atoms with Crippen LogP contribution in [0.4, 0.5) is 11.6 Å². The van der Waals surface area contributed by atoms with Crippen LogP contribution in [0.5, 0.6) is 0 Å². The van der Waals surface area contributed by atoms with Crippen LogP contribution < -0.4 is 16.4 Å². The van der Waals surface area contributed by atoms with E-state index in [0.29, 0.717) is 18.3 Å². The third-order valence-corrected chi connectivity index (χ3v) is 4.92. The first-order valence-corrected chi connectivity index (χ1v) is 10.5. The number of nitrogens with two attached hydrogens (primary N) is 1. The summed E-state index contributed by atoms with van der Waals surface area (Å²) in [6.45, 7) is 4.70. The Morgan fingerprint density at radius 2 is 2.00 bits per heavy atom. The minimum Gasteiger partial charge on any atom is -0.404 e. The molecule has 33 heavy (non-hydrogen) atoms. The molecule has 9 nitrogen and oxygen atoms in total. The number of hydrogen-bond acceptors (Lipinski definition) is 6. The molecule has 0 saturated heterocycles. The molecule has 4 N–H and O–H groups in total. The molecule has 0 fully saturated rings. The average Bonchev–Trinajstić information content (AvgIpc) is 3.10. The number of aliphatic imine (C=N–C) groups is 1. The fraction of sp³-hybridized carbons (Fsp3) is 0.250. The van der Waals surface area contributed by atoms with E-state index < -0.39 is 0 Å². The van der Waals surface area contributed by atoms with Crippen LogP contribution in [0, 0.1) is 13.8 Å². The van der Waals surface area contributed by atoms with E-state index in [1.807, 2.05) is 67.9 Å². The summed E-state index contributed by atoms with van der Waals surface area (Å²) in [4.78, 5) is 27.4. The van der Waals surface area contributed by atoms with E-state index in [0.717, 1.165) is 33.5 Å². The van der Waals surface area contributed by atoms with Gasteiger partial charge in [0.1, 0.15) is 11.7 Å². The van der Waals surface area contributed by atoms with Gasteiger partial charge in [-0.3, -0.25) is 9.79 Å². The van der Waals surface area contributed by atoms with E-state index in [-0.39, 0.29) is 5.91 Å². The summed E-state index contributed by atoms with van der Waals surface area (Å²) in [7, 11) is 5.57. The summed E-state index contributed by atoms with van der Waals surface area (Å²) in [6.07, 6.45) is 10.2. The molecule has 1 aromatic carbocycles. The van der Waals surface area contributed by atoms with Gasteiger partial charge in [0.25, 0.3) is 0 Å². The lowest BCUT2D eigenvalue weighted by Gasteiger charge is -2.11. The number of benzene rings is 1. The molecule has 3 rings (SSSR count). The van der Waals surface area contributed by atoms with Crippen molar-refractivity contribution in [2.24, 2.45) is 10.7 Å². The molecule has 0 spiro atoms. The molecular weight excluding hydrogens is 416 g/mol. The van der Waals surface area contributed by atoms with E-state index in [1.54, 1.807) is 25.4 Å². The zero-order chi connectivity index (χ0) is 24.0. The molecule has 0 aliphatic rings. The lowest BCUT2D eigenvalue weighted by atomic mass is 10.1. The number of anilines is 2. The second-order valence-electron chi connectivity index (χ2n) is 7.86. The Bertz CT molecular complexity index is 1240. The largest absolute Gasteiger partial charge is 0.404 e. The number of carbonyl (C=O) groups is 1. The molecule has 0 saturated carbocycles. The Kier molecular flexibility index (Phi) is 7.57. The highest BCUT2D eigenvalue weighted by molar-refractivity contribution is 6.03. The molecule has 0 unspecified atom stereocenters. The third-order valence-electron chi connectivity index (χ3n) is 4.92. The number of hydrogen-bond donors (Lipinski definition) is 3. The van der Waals surface area contributed by atoms with Crippen molar-refractivity contribution in [3.63, 3.8) is 0 Å². The maximum absolute atomic E-state index is 12.2. The van der Waals surface area contributed by atoms with Gasteiger partial charge in [0.15, 0.2) is 0 Å². The molecule has 1 amide bonds. The van der Waals surface area contributed by atoms with Crippen LogP contribution in [0.15, 0.2) is 60.0 Å².